The summed E-state index contributed by atoms with van der Waals surface area (Å²) in [5, 5.41) is 2.94. The van der Waals surface area contributed by atoms with Gasteiger partial charge in [0.25, 0.3) is 0 Å². The average molecular weight is 491 g/mol. The van der Waals surface area contributed by atoms with Gasteiger partial charge in [-0.2, -0.15) is 13.2 Å². The Morgan fingerprint density at radius 2 is 1.86 bits per heavy atom. The summed E-state index contributed by atoms with van der Waals surface area (Å²) < 4.78 is 45.2. The number of ether oxygens (including phenoxy) is 1. The van der Waals surface area contributed by atoms with Gasteiger partial charge in [-0.25, -0.2) is 4.79 Å². The van der Waals surface area contributed by atoms with Crippen molar-refractivity contribution in [1.82, 2.24) is 5.32 Å². The number of nitrogens with one attached hydrogen (secondary N) is 1. The molecule has 4 nitrogen and oxygen atoms in total. The summed E-state index contributed by atoms with van der Waals surface area (Å²) in [5.74, 6) is 0. The van der Waals surface area contributed by atoms with Crippen molar-refractivity contribution in [3.8, 4) is 0 Å². The van der Waals surface area contributed by atoms with E-state index in [1.54, 1.807) is 6.07 Å². The smallest absolute Gasteiger partial charge is 0.416 e. The molecule has 0 fully saturated rings. The second kappa shape index (κ2) is 9.75. The number of hydrogen-bond acceptors (Lipinski definition) is 3. The Bertz CT molecular complexity index is 1070. The molecule has 1 N–H and O–H groups in total. The largest absolute Gasteiger partial charge is 0.444 e. The molecule has 0 aromatic heterocycles. The van der Waals surface area contributed by atoms with Gasteiger partial charge in [0.05, 0.1) is 11.6 Å². The van der Waals surface area contributed by atoms with Gasteiger partial charge in [0.2, 0.25) is 0 Å². The highest BCUT2D eigenvalue weighted by molar-refractivity contribution is 5.69. The Balaban J connectivity index is 1.98. The number of rotatable bonds is 5. The van der Waals surface area contributed by atoms with E-state index in [-0.39, 0.29) is 11.5 Å². The fourth-order valence-corrected chi connectivity index (χ4v) is 4.62. The lowest BCUT2D eigenvalue weighted by atomic mass is 9.75. The van der Waals surface area contributed by atoms with E-state index in [1.165, 1.54) is 17.7 Å². The van der Waals surface area contributed by atoms with Gasteiger partial charge in [0.1, 0.15) is 5.60 Å². The van der Waals surface area contributed by atoms with Crippen LogP contribution in [0, 0.1) is 0 Å². The molecular weight excluding hydrogens is 453 g/mol. The van der Waals surface area contributed by atoms with Gasteiger partial charge >= 0.3 is 12.3 Å². The summed E-state index contributed by atoms with van der Waals surface area (Å²) in [6.45, 7) is 15.0. The number of amides is 1. The average Bonchev–Trinajstić information content (AvgIpc) is 2.73. The number of anilines is 1. The molecule has 1 amide bonds. The van der Waals surface area contributed by atoms with Gasteiger partial charge in [-0.1, -0.05) is 39.0 Å². The zero-order chi connectivity index (χ0) is 26.2. The summed E-state index contributed by atoms with van der Waals surface area (Å²) in [6.07, 6.45) is -3.16. The number of aryl methyl sites for hydroxylation is 1. The molecule has 1 heterocycles. The zero-order valence-electron chi connectivity index (χ0n) is 21.8. The number of nitrogens with zero attached hydrogens (tertiary/aromatic N) is 1. The first-order chi connectivity index (χ1) is 16.1. The van der Waals surface area contributed by atoms with Crippen molar-refractivity contribution in [2.75, 3.05) is 11.4 Å². The minimum atomic E-state index is -4.37. The molecule has 7 heteroatoms. The quantitative estimate of drug-likeness (QED) is 0.471. The lowest BCUT2D eigenvalue weighted by Crippen LogP contribution is -2.38. The minimum absolute atomic E-state index is 0.0655. The predicted octanol–water partition coefficient (Wildman–Crippen LogP) is 7.54. The fourth-order valence-electron chi connectivity index (χ4n) is 4.62. The molecule has 35 heavy (non-hydrogen) atoms. The molecule has 0 spiro atoms. The van der Waals surface area contributed by atoms with Gasteiger partial charge < -0.3 is 15.0 Å². The van der Waals surface area contributed by atoms with Gasteiger partial charge in [-0.15, -0.1) is 0 Å². The molecule has 1 atom stereocenters. The number of alkyl carbamates (subject to hydrolysis) is 1. The molecule has 0 saturated carbocycles. The van der Waals surface area contributed by atoms with E-state index in [1.807, 2.05) is 27.7 Å². The Kier molecular flexibility index (Phi) is 7.49. The van der Waals surface area contributed by atoms with Crippen molar-refractivity contribution >= 4 is 11.8 Å². The van der Waals surface area contributed by atoms with E-state index >= 15 is 0 Å². The Labute approximate surface area is 206 Å². The van der Waals surface area contributed by atoms with E-state index < -0.39 is 23.4 Å². The first-order valence-corrected chi connectivity index (χ1v) is 12.2. The van der Waals surface area contributed by atoms with Crippen molar-refractivity contribution in [2.45, 2.75) is 91.1 Å². The lowest BCUT2D eigenvalue weighted by molar-refractivity contribution is -0.137. The SMILES string of the molecule is CCc1cc2c(cc1C(C)NC(=O)OC(C)(C)C)N(Cc1cccc(C(F)(F)F)c1)CCC2(C)C. The van der Waals surface area contributed by atoms with E-state index in [2.05, 4.69) is 43.1 Å². The molecule has 2 aromatic carbocycles. The van der Waals surface area contributed by atoms with Crippen molar-refractivity contribution in [3.05, 3.63) is 64.2 Å². The summed E-state index contributed by atoms with van der Waals surface area (Å²) in [6, 6.07) is 9.56. The number of carbonyl (C=O) groups is 1. The molecular formula is C28H37F3N2O2. The predicted molar refractivity (Wildman–Crippen MR) is 134 cm³/mol. The monoisotopic (exact) mass is 490 g/mol. The molecule has 2 aromatic rings. The van der Waals surface area contributed by atoms with Crippen LogP contribution >= 0.6 is 0 Å². The third-order valence-electron chi connectivity index (χ3n) is 6.54. The topological polar surface area (TPSA) is 41.6 Å². The Morgan fingerprint density at radius 3 is 2.46 bits per heavy atom. The van der Waals surface area contributed by atoms with Gasteiger partial charge in [0.15, 0.2) is 0 Å². The molecule has 192 valence electrons. The highest BCUT2D eigenvalue weighted by atomic mass is 19.4. The van der Waals surface area contributed by atoms with E-state index in [0.29, 0.717) is 12.1 Å². The Morgan fingerprint density at radius 1 is 1.17 bits per heavy atom. The maximum atomic E-state index is 13.3. The third kappa shape index (κ3) is 6.50. The summed E-state index contributed by atoms with van der Waals surface area (Å²) in [7, 11) is 0. The molecule has 0 radical (unpaired) electrons. The molecule has 1 unspecified atom stereocenters. The van der Waals surface area contributed by atoms with Gasteiger partial charge in [-0.3, -0.25) is 0 Å². The van der Waals surface area contributed by atoms with Crippen LogP contribution in [0.4, 0.5) is 23.7 Å². The molecule has 1 aliphatic heterocycles. The van der Waals surface area contributed by atoms with Crippen LogP contribution in [-0.2, 0) is 29.3 Å². The van der Waals surface area contributed by atoms with Gasteiger partial charge in [0, 0.05) is 18.8 Å². The summed E-state index contributed by atoms with van der Waals surface area (Å²) >= 11 is 0. The molecule has 3 rings (SSSR count). The molecule has 0 saturated heterocycles. The highest BCUT2D eigenvalue weighted by Crippen LogP contribution is 2.43. The third-order valence-corrected chi connectivity index (χ3v) is 6.54. The maximum absolute atomic E-state index is 13.3. The second-order valence-corrected chi connectivity index (χ2v) is 11.0. The zero-order valence-corrected chi connectivity index (χ0v) is 21.8. The number of halogens is 3. The van der Waals surface area contributed by atoms with E-state index in [4.69, 9.17) is 4.74 Å². The highest BCUT2D eigenvalue weighted by Gasteiger charge is 2.34. The van der Waals surface area contributed by atoms with Crippen LogP contribution in [0.25, 0.3) is 0 Å². The summed E-state index contributed by atoms with van der Waals surface area (Å²) in [4.78, 5) is 14.6. The van der Waals surface area contributed by atoms with Crippen LogP contribution in [-0.4, -0.2) is 18.2 Å². The number of hydrogen-bond donors (Lipinski definition) is 1. The molecule has 1 aliphatic rings. The normalized spacial score (nSPS) is 16.5. The minimum Gasteiger partial charge on any atom is -0.444 e. The number of fused-ring (bicyclic) bond motifs is 1. The van der Waals surface area contributed by atoms with Crippen LogP contribution in [0.1, 0.15) is 88.7 Å². The van der Waals surface area contributed by atoms with Crippen LogP contribution in [0.15, 0.2) is 36.4 Å². The number of alkyl halides is 3. The van der Waals surface area contributed by atoms with Crippen molar-refractivity contribution in [2.24, 2.45) is 0 Å². The van der Waals surface area contributed by atoms with E-state index in [0.717, 1.165) is 42.3 Å². The number of benzene rings is 2. The second-order valence-electron chi connectivity index (χ2n) is 11.0. The maximum Gasteiger partial charge on any atom is 0.416 e. The van der Waals surface area contributed by atoms with Crippen LogP contribution < -0.4 is 10.2 Å². The first kappa shape index (κ1) is 26.9. The van der Waals surface area contributed by atoms with Crippen molar-refractivity contribution < 1.29 is 22.7 Å². The van der Waals surface area contributed by atoms with Crippen LogP contribution in [0.3, 0.4) is 0 Å². The molecule has 0 bridgehead atoms. The number of carbonyl (C=O) groups excluding carboxylic acids is 1. The van der Waals surface area contributed by atoms with Gasteiger partial charge in [-0.05, 0) is 86.4 Å². The fraction of sp³-hybridized carbons (Fsp3) is 0.536. The van der Waals surface area contributed by atoms with Crippen LogP contribution in [0.2, 0.25) is 0 Å². The first-order valence-electron chi connectivity index (χ1n) is 12.2. The summed E-state index contributed by atoms with van der Waals surface area (Å²) in [5.41, 5.74) is 3.63. The lowest BCUT2D eigenvalue weighted by Gasteiger charge is -2.41. The van der Waals surface area contributed by atoms with Crippen molar-refractivity contribution in [3.63, 3.8) is 0 Å². The van der Waals surface area contributed by atoms with Crippen molar-refractivity contribution in [1.29, 1.82) is 0 Å². The Hall–Kier alpha value is -2.70. The van der Waals surface area contributed by atoms with E-state index in [9.17, 15) is 18.0 Å². The molecule has 0 aliphatic carbocycles. The van der Waals surface area contributed by atoms with Crippen LogP contribution in [0.5, 0.6) is 0 Å². The standard InChI is InChI=1S/C28H37F3N2O2/c1-8-20-15-23-24(16-22(20)18(2)32-25(34)35-26(3,4)5)33(13-12-27(23,6)7)17-19-10-9-11-21(14-19)28(29,30)31/h9-11,14-16,18H,8,12-13,17H2,1-7H3,(H,32,34).